The lowest BCUT2D eigenvalue weighted by Crippen LogP contribution is -2.02. The van der Waals surface area contributed by atoms with Crippen LogP contribution in [-0.4, -0.2) is 10.9 Å². The van der Waals surface area contributed by atoms with E-state index in [0.717, 1.165) is 27.4 Å². The van der Waals surface area contributed by atoms with Crippen molar-refractivity contribution in [2.24, 2.45) is 7.05 Å². The van der Waals surface area contributed by atoms with E-state index in [-0.39, 0.29) is 5.92 Å². The molecule has 3 heteroatoms. The van der Waals surface area contributed by atoms with Gasteiger partial charge in [0.2, 0.25) is 0 Å². The molecule has 0 N–H and O–H groups in total. The van der Waals surface area contributed by atoms with Crippen LogP contribution < -0.4 is 0 Å². The summed E-state index contributed by atoms with van der Waals surface area (Å²) in [6.07, 6.45) is 0.971. The number of hydrogen-bond donors (Lipinski definition) is 0. The summed E-state index contributed by atoms with van der Waals surface area (Å²) in [5, 5.41) is 1.16. The highest BCUT2D eigenvalue weighted by Gasteiger charge is 2.17. The SMILES string of the molecule is CC(C=O)c1c(Br)c2ccccc2n1C. The van der Waals surface area contributed by atoms with Gasteiger partial charge in [0, 0.05) is 28.1 Å². The first kappa shape index (κ1) is 10.4. The highest BCUT2D eigenvalue weighted by Crippen LogP contribution is 2.33. The lowest BCUT2D eigenvalue weighted by atomic mass is 10.1. The number of aldehydes is 1. The molecule has 0 aliphatic carbocycles. The molecule has 0 fully saturated rings. The second kappa shape index (κ2) is 3.81. The minimum Gasteiger partial charge on any atom is -0.346 e. The van der Waals surface area contributed by atoms with Gasteiger partial charge in [0.25, 0.3) is 0 Å². The first-order valence-corrected chi connectivity index (χ1v) is 5.64. The van der Waals surface area contributed by atoms with Crippen molar-refractivity contribution in [2.45, 2.75) is 12.8 Å². The van der Waals surface area contributed by atoms with Crippen molar-refractivity contribution < 1.29 is 4.79 Å². The molecule has 1 aromatic heterocycles. The molecule has 0 spiro atoms. The van der Waals surface area contributed by atoms with Crippen molar-refractivity contribution in [2.75, 3.05) is 0 Å². The summed E-state index contributed by atoms with van der Waals surface area (Å²) in [6, 6.07) is 8.12. The van der Waals surface area contributed by atoms with Crippen molar-refractivity contribution in [1.29, 1.82) is 0 Å². The third-order valence-electron chi connectivity index (χ3n) is 2.72. The van der Waals surface area contributed by atoms with Crippen LogP contribution in [0.25, 0.3) is 10.9 Å². The number of halogens is 1. The van der Waals surface area contributed by atoms with E-state index in [9.17, 15) is 4.79 Å². The summed E-state index contributed by atoms with van der Waals surface area (Å²) in [5.74, 6) is -0.0863. The molecule has 15 heavy (non-hydrogen) atoms. The van der Waals surface area contributed by atoms with Gasteiger partial charge in [0.05, 0.1) is 5.92 Å². The molecular formula is C12H12BrNO. The molecule has 1 atom stereocenters. The highest BCUT2D eigenvalue weighted by molar-refractivity contribution is 9.10. The van der Waals surface area contributed by atoms with Crippen LogP contribution in [0.1, 0.15) is 18.5 Å². The second-order valence-corrected chi connectivity index (χ2v) is 4.49. The Labute approximate surface area is 97.0 Å². The fourth-order valence-electron chi connectivity index (χ4n) is 1.94. The maximum Gasteiger partial charge on any atom is 0.128 e. The number of carbonyl (C=O) groups excluding carboxylic acids is 1. The van der Waals surface area contributed by atoms with E-state index in [4.69, 9.17) is 0 Å². The van der Waals surface area contributed by atoms with E-state index in [1.54, 1.807) is 0 Å². The number of carbonyl (C=O) groups is 1. The molecular weight excluding hydrogens is 254 g/mol. The Bertz CT molecular complexity index is 477. The van der Waals surface area contributed by atoms with Gasteiger partial charge in [-0.05, 0) is 22.0 Å². The number of aromatic nitrogens is 1. The van der Waals surface area contributed by atoms with Gasteiger partial charge in [0.1, 0.15) is 6.29 Å². The monoisotopic (exact) mass is 265 g/mol. The molecule has 1 heterocycles. The third kappa shape index (κ3) is 1.51. The van der Waals surface area contributed by atoms with Crippen molar-refractivity contribution in [1.82, 2.24) is 4.57 Å². The molecule has 0 aliphatic heterocycles. The van der Waals surface area contributed by atoms with E-state index in [0.29, 0.717) is 0 Å². The number of aryl methyl sites for hydroxylation is 1. The van der Waals surface area contributed by atoms with E-state index < -0.39 is 0 Å². The van der Waals surface area contributed by atoms with Gasteiger partial charge < -0.3 is 9.36 Å². The molecule has 2 aromatic rings. The van der Waals surface area contributed by atoms with Crippen molar-refractivity contribution in [3.05, 3.63) is 34.4 Å². The van der Waals surface area contributed by atoms with Crippen molar-refractivity contribution in [3.8, 4) is 0 Å². The molecule has 2 rings (SSSR count). The Morgan fingerprint density at radius 1 is 1.40 bits per heavy atom. The minimum atomic E-state index is -0.0863. The lowest BCUT2D eigenvalue weighted by molar-refractivity contribution is -0.108. The molecule has 0 bridgehead atoms. The fraction of sp³-hybridized carbons (Fsp3) is 0.250. The predicted octanol–water partition coefficient (Wildman–Crippen LogP) is 3.24. The molecule has 1 unspecified atom stereocenters. The van der Waals surface area contributed by atoms with E-state index >= 15 is 0 Å². The quantitative estimate of drug-likeness (QED) is 0.765. The Balaban J connectivity index is 2.80. The molecule has 0 saturated carbocycles. The zero-order valence-corrected chi connectivity index (χ0v) is 10.3. The topological polar surface area (TPSA) is 22.0 Å². The fourth-order valence-corrected chi connectivity index (χ4v) is 2.90. The van der Waals surface area contributed by atoms with Gasteiger partial charge in [0.15, 0.2) is 0 Å². The van der Waals surface area contributed by atoms with Gasteiger partial charge in [-0.25, -0.2) is 0 Å². The Kier molecular flexibility index (Phi) is 2.65. The van der Waals surface area contributed by atoms with Crippen molar-refractivity contribution >= 4 is 33.1 Å². The average molecular weight is 266 g/mol. The van der Waals surface area contributed by atoms with Crippen LogP contribution in [-0.2, 0) is 11.8 Å². The van der Waals surface area contributed by atoms with E-state index in [1.807, 2.05) is 26.1 Å². The van der Waals surface area contributed by atoms with Crippen LogP contribution in [0, 0.1) is 0 Å². The van der Waals surface area contributed by atoms with Crippen LogP contribution >= 0.6 is 15.9 Å². The standard InChI is InChI=1S/C12H12BrNO/c1-8(7-15)12-11(13)9-5-3-4-6-10(9)14(12)2/h3-8H,1-2H3. The largest absolute Gasteiger partial charge is 0.346 e. The molecule has 78 valence electrons. The van der Waals surface area contributed by atoms with Crippen LogP contribution in [0.4, 0.5) is 0 Å². The van der Waals surface area contributed by atoms with Gasteiger partial charge in [-0.3, -0.25) is 0 Å². The minimum absolute atomic E-state index is 0.0863. The molecule has 1 aromatic carbocycles. The van der Waals surface area contributed by atoms with Crippen LogP contribution in [0.5, 0.6) is 0 Å². The van der Waals surface area contributed by atoms with Crippen molar-refractivity contribution in [3.63, 3.8) is 0 Å². The Morgan fingerprint density at radius 2 is 2.07 bits per heavy atom. The molecule has 0 amide bonds. The maximum absolute atomic E-state index is 10.9. The zero-order chi connectivity index (χ0) is 11.0. The van der Waals surface area contributed by atoms with Crippen LogP contribution in [0.3, 0.4) is 0 Å². The zero-order valence-electron chi connectivity index (χ0n) is 8.70. The van der Waals surface area contributed by atoms with E-state index in [1.165, 1.54) is 0 Å². The van der Waals surface area contributed by atoms with E-state index in [2.05, 4.69) is 32.6 Å². The summed E-state index contributed by atoms with van der Waals surface area (Å²) in [5.41, 5.74) is 2.18. The second-order valence-electron chi connectivity index (χ2n) is 3.70. The smallest absolute Gasteiger partial charge is 0.128 e. The number of para-hydroxylation sites is 1. The molecule has 0 saturated heterocycles. The summed E-state index contributed by atoms with van der Waals surface area (Å²) in [6.45, 7) is 1.91. The lowest BCUT2D eigenvalue weighted by Gasteiger charge is -2.06. The van der Waals surface area contributed by atoms with Gasteiger partial charge in [-0.1, -0.05) is 25.1 Å². The molecule has 0 radical (unpaired) electrons. The summed E-state index contributed by atoms with van der Waals surface area (Å²) in [7, 11) is 1.99. The van der Waals surface area contributed by atoms with Gasteiger partial charge in [-0.2, -0.15) is 0 Å². The average Bonchev–Trinajstić information content (AvgIpc) is 2.52. The number of fused-ring (bicyclic) bond motifs is 1. The Hall–Kier alpha value is -1.09. The summed E-state index contributed by atoms with van der Waals surface area (Å²) < 4.78 is 3.10. The number of benzene rings is 1. The summed E-state index contributed by atoms with van der Waals surface area (Å²) >= 11 is 3.56. The van der Waals surface area contributed by atoms with Gasteiger partial charge in [-0.15, -0.1) is 0 Å². The number of nitrogens with zero attached hydrogens (tertiary/aromatic N) is 1. The number of hydrogen-bond acceptors (Lipinski definition) is 1. The Morgan fingerprint density at radius 3 is 2.67 bits per heavy atom. The molecule has 2 nitrogen and oxygen atoms in total. The van der Waals surface area contributed by atoms with Gasteiger partial charge >= 0.3 is 0 Å². The predicted molar refractivity (Wildman–Crippen MR) is 65.1 cm³/mol. The maximum atomic E-state index is 10.9. The third-order valence-corrected chi connectivity index (χ3v) is 3.56. The molecule has 0 aliphatic rings. The first-order chi connectivity index (χ1) is 7.16. The summed E-state index contributed by atoms with van der Waals surface area (Å²) in [4.78, 5) is 10.9. The first-order valence-electron chi connectivity index (χ1n) is 4.85. The number of rotatable bonds is 2. The highest BCUT2D eigenvalue weighted by atomic mass is 79.9. The van der Waals surface area contributed by atoms with Crippen LogP contribution in [0.15, 0.2) is 28.7 Å². The normalized spacial score (nSPS) is 13.0. The van der Waals surface area contributed by atoms with Crippen LogP contribution in [0.2, 0.25) is 0 Å².